The average molecular weight is 334 g/mol. The van der Waals surface area contributed by atoms with Crippen LogP contribution < -0.4 is 0 Å². The van der Waals surface area contributed by atoms with Crippen molar-refractivity contribution in [3.05, 3.63) is 88.5 Å². The summed E-state index contributed by atoms with van der Waals surface area (Å²) in [6.45, 7) is 11.3. The topological polar surface area (TPSA) is 0 Å². The molecule has 0 nitrogen and oxygen atoms in total. The van der Waals surface area contributed by atoms with Gasteiger partial charge in [0.25, 0.3) is 0 Å². The summed E-state index contributed by atoms with van der Waals surface area (Å²) >= 11 is 0. The molecule has 0 heterocycles. The molecule has 122 valence electrons. The van der Waals surface area contributed by atoms with Crippen LogP contribution in [0, 0.1) is 34.6 Å². The minimum absolute atomic E-state index is 0.0666. The van der Waals surface area contributed by atoms with Gasteiger partial charge in [0.15, 0.2) is 14.7 Å². The summed E-state index contributed by atoms with van der Waals surface area (Å²) in [5.74, 6) is 0. The summed E-state index contributed by atoms with van der Waals surface area (Å²) in [7, 11) is -0.0666. The molecule has 0 spiro atoms. The lowest BCUT2D eigenvalue weighted by Crippen LogP contribution is -2.11. The SMILES string of the molecule is Cc1c(C)c(C)c([S+](c2ccccc2)c2ccccc2)c(C)c1C. The van der Waals surface area contributed by atoms with Gasteiger partial charge in [-0.05, 0) is 75.6 Å². The molecule has 0 aromatic heterocycles. The Morgan fingerprint density at radius 1 is 0.458 bits per heavy atom. The van der Waals surface area contributed by atoms with Crippen LogP contribution in [-0.4, -0.2) is 0 Å². The Morgan fingerprint density at radius 3 is 1.17 bits per heavy atom. The average Bonchev–Trinajstić information content (AvgIpc) is 2.63. The molecule has 0 aliphatic carbocycles. The highest BCUT2D eigenvalue weighted by Gasteiger charge is 2.33. The van der Waals surface area contributed by atoms with Gasteiger partial charge in [-0.15, -0.1) is 0 Å². The molecule has 1 heteroatoms. The first kappa shape index (κ1) is 16.9. The largest absolute Gasteiger partial charge is 0.172 e. The lowest BCUT2D eigenvalue weighted by molar-refractivity contribution is 1.08. The van der Waals surface area contributed by atoms with Gasteiger partial charge in [0.05, 0.1) is 10.9 Å². The Hall–Kier alpha value is -1.99. The Kier molecular flexibility index (Phi) is 4.82. The number of hydrogen-bond donors (Lipinski definition) is 0. The van der Waals surface area contributed by atoms with Gasteiger partial charge in [0.1, 0.15) is 0 Å². The summed E-state index contributed by atoms with van der Waals surface area (Å²) in [6, 6.07) is 21.8. The fourth-order valence-corrected chi connectivity index (χ4v) is 5.78. The van der Waals surface area contributed by atoms with Gasteiger partial charge in [0, 0.05) is 11.1 Å². The van der Waals surface area contributed by atoms with E-state index in [-0.39, 0.29) is 10.9 Å². The molecule has 0 atom stereocenters. The molecule has 0 unspecified atom stereocenters. The van der Waals surface area contributed by atoms with Crippen molar-refractivity contribution in [3.8, 4) is 0 Å². The second-order valence-electron chi connectivity index (χ2n) is 6.39. The van der Waals surface area contributed by atoms with Crippen molar-refractivity contribution < 1.29 is 0 Å². The van der Waals surface area contributed by atoms with Crippen LogP contribution >= 0.6 is 0 Å². The quantitative estimate of drug-likeness (QED) is 0.492. The van der Waals surface area contributed by atoms with Crippen molar-refractivity contribution in [3.63, 3.8) is 0 Å². The highest BCUT2D eigenvalue weighted by molar-refractivity contribution is 7.97. The van der Waals surface area contributed by atoms with Crippen molar-refractivity contribution in [2.75, 3.05) is 0 Å². The van der Waals surface area contributed by atoms with Crippen LogP contribution in [0.4, 0.5) is 0 Å². The monoisotopic (exact) mass is 333 g/mol. The molecular weight excluding hydrogens is 308 g/mol. The van der Waals surface area contributed by atoms with E-state index in [0.29, 0.717) is 0 Å². The van der Waals surface area contributed by atoms with Crippen LogP contribution in [-0.2, 0) is 10.9 Å². The molecule has 0 amide bonds. The zero-order chi connectivity index (χ0) is 17.3. The van der Waals surface area contributed by atoms with Crippen molar-refractivity contribution >= 4 is 10.9 Å². The summed E-state index contributed by atoms with van der Waals surface area (Å²) in [6.07, 6.45) is 0. The van der Waals surface area contributed by atoms with E-state index in [9.17, 15) is 0 Å². The van der Waals surface area contributed by atoms with E-state index in [0.717, 1.165) is 0 Å². The normalized spacial score (nSPS) is 11.1. The van der Waals surface area contributed by atoms with Crippen LogP contribution in [0.15, 0.2) is 75.4 Å². The maximum absolute atomic E-state index is 2.29. The van der Waals surface area contributed by atoms with Crippen molar-refractivity contribution in [1.82, 2.24) is 0 Å². The van der Waals surface area contributed by atoms with Crippen LogP contribution in [0.2, 0.25) is 0 Å². The summed E-state index contributed by atoms with van der Waals surface area (Å²) in [5, 5.41) is 0. The molecule has 0 saturated heterocycles. The Balaban J connectivity index is 2.33. The highest BCUT2D eigenvalue weighted by atomic mass is 32.2. The van der Waals surface area contributed by atoms with Crippen molar-refractivity contribution in [1.29, 1.82) is 0 Å². The minimum Gasteiger partial charge on any atom is -0.0619 e. The first-order valence-electron chi connectivity index (χ1n) is 8.43. The molecule has 0 saturated carbocycles. The standard InChI is InChI=1S/C23H25S/c1-16-17(2)19(4)23(20(5)18(16)3)24(21-12-8-6-9-13-21)22-14-10-7-11-15-22/h6-15H,1-5H3/q+1. The lowest BCUT2D eigenvalue weighted by Gasteiger charge is -2.18. The van der Waals surface area contributed by atoms with Gasteiger partial charge in [-0.25, -0.2) is 0 Å². The summed E-state index contributed by atoms with van der Waals surface area (Å²) < 4.78 is 0. The predicted octanol–water partition coefficient (Wildman–Crippen LogP) is 6.32. The number of hydrogen-bond acceptors (Lipinski definition) is 0. The Morgan fingerprint density at radius 2 is 0.792 bits per heavy atom. The van der Waals surface area contributed by atoms with Crippen LogP contribution in [0.3, 0.4) is 0 Å². The molecule has 0 N–H and O–H groups in total. The van der Waals surface area contributed by atoms with E-state index in [4.69, 9.17) is 0 Å². The smallest absolute Gasteiger partial charge is 0.0619 e. The summed E-state index contributed by atoms with van der Waals surface area (Å²) in [4.78, 5) is 4.27. The molecule has 3 rings (SSSR count). The van der Waals surface area contributed by atoms with E-state index in [1.54, 1.807) is 0 Å². The fraction of sp³-hybridized carbons (Fsp3) is 0.217. The van der Waals surface area contributed by atoms with Gasteiger partial charge in [-0.1, -0.05) is 36.4 Å². The molecule has 0 bridgehead atoms. The first-order valence-corrected chi connectivity index (χ1v) is 9.66. The lowest BCUT2D eigenvalue weighted by atomic mass is 9.95. The zero-order valence-electron chi connectivity index (χ0n) is 15.2. The maximum atomic E-state index is 2.29. The van der Waals surface area contributed by atoms with E-state index >= 15 is 0 Å². The molecule has 0 fully saturated rings. The van der Waals surface area contributed by atoms with E-state index in [2.05, 4.69) is 95.3 Å². The van der Waals surface area contributed by atoms with Gasteiger partial charge < -0.3 is 0 Å². The Bertz CT molecular complexity index is 780. The molecule has 3 aromatic rings. The maximum Gasteiger partial charge on any atom is 0.172 e. The third-order valence-corrected chi connectivity index (χ3v) is 7.60. The molecule has 0 radical (unpaired) electrons. The zero-order valence-corrected chi connectivity index (χ0v) is 16.0. The highest BCUT2D eigenvalue weighted by Crippen LogP contribution is 2.38. The fourth-order valence-electron chi connectivity index (χ4n) is 3.26. The predicted molar refractivity (Wildman–Crippen MR) is 105 cm³/mol. The van der Waals surface area contributed by atoms with Crippen molar-refractivity contribution in [2.24, 2.45) is 0 Å². The summed E-state index contributed by atoms with van der Waals surface area (Å²) in [5.41, 5.74) is 7.16. The van der Waals surface area contributed by atoms with Crippen molar-refractivity contribution in [2.45, 2.75) is 49.3 Å². The van der Waals surface area contributed by atoms with E-state index in [1.807, 2.05) is 0 Å². The van der Waals surface area contributed by atoms with Gasteiger partial charge in [-0.3, -0.25) is 0 Å². The molecular formula is C23H25S+. The van der Waals surface area contributed by atoms with Gasteiger partial charge in [0.2, 0.25) is 0 Å². The van der Waals surface area contributed by atoms with E-state index in [1.165, 1.54) is 42.5 Å². The second-order valence-corrected chi connectivity index (χ2v) is 8.35. The second kappa shape index (κ2) is 6.86. The molecule has 0 aliphatic rings. The Labute approximate surface area is 148 Å². The molecule has 24 heavy (non-hydrogen) atoms. The van der Waals surface area contributed by atoms with E-state index < -0.39 is 0 Å². The van der Waals surface area contributed by atoms with Crippen LogP contribution in [0.5, 0.6) is 0 Å². The van der Waals surface area contributed by atoms with Crippen LogP contribution in [0.25, 0.3) is 0 Å². The molecule has 0 aliphatic heterocycles. The first-order chi connectivity index (χ1) is 11.5. The third kappa shape index (κ3) is 2.89. The molecule has 3 aromatic carbocycles. The number of rotatable bonds is 3. The van der Waals surface area contributed by atoms with Gasteiger partial charge in [-0.2, -0.15) is 0 Å². The van der Waals surface area contributed by atoms with Gasteiger partial charge >= 0.3 is 0 Å². The minimum atomic E-state index is -0.0666. The van der Waals surface area contributed by atoms with Crippen LogP contribution in [0.1, 0.15) is 27.8 Å². The number of benzene rings is 3. The third-order valence-electron chi connectivity index (χ3n) is 5.09.